The van der Waals surface area contributed by atoms with E-state index in [9.17, 15) is 19.8 Å². The molecule has 14 heteroatoms. The van der Waals surface area contributed by atoms with Crippen LogP contribution >= 0.6 is 0 Å². The van der Waals surface area contributed by atoms with Gasteiger partial charge in [0.2, 0.25) is 0 Å². The van der Waals surface area contributed by atoms with Gasteiger partial charge in [-0.2, -0.15) is 0 Å². The van der Waals surface area contributed by atoms with E-state index in [0.29, 0.717) is 37.7 Å². The van der Waals surface area contributed by atoms with Crippen LogP contribution in [0.5, 0.6) is 0 Å². The monoisotopic (exact) mass is 852 g/mol. The first-order valence-electron chi connectivity index (χ1n) is 22.2. The molecule has 0 aliphatic carbocycles. The number of hydrogen-bond donors (Lipinski definition) is 2. The van der Waals surface area contributed by atoms with Gasteiger partial charge >= 0.3 is 11.9 Å². The molecule has 0 amide bonds. The Morgan fingerprint density at radius 3 is 2.39 bits per heavy atom. The minimum atomic E-state index is -0.970. The standard InChI is InChI=1S/C47H64O14/c1-7-11-34-41(59-46(51)28-12-9-8-10-13-28)45-44-43(57-34)42-38(58-44)23-47(60-42,61-45)17-16-31-19-26(3)33(54-31)15-14-30-18-25(2)27(4)35(55-30)22-36-32(21-39(50)52-5)40(53-6)37(56-36)20-29(49)24-48/h7-10,12-13,25,29-38,40-45,48-49H,1,3-4,11,14-24H2,2,5-6H3/t25-,29+,30+,31?,32?,33?,34?,35?,36?,37-,38-,40-,41+,42+,43+,44-,45+,47+/m1/s1. The van der Waals surface area contributed by atoms with Gasteiger partial charge in [0.1, 0.15) is 30.5 Å². The molecule has 8 aliphatic rings. The predicted molar refractivity (Wildman–Crippen MR) is 219 cm³/mol. The van der Waals surface area contributed by atoms with Crippen molar-refractivity contribution in [1.29, 1.82) is 0 Å². The van der Waals surface area contributed by atoms with E-state index in [1.807, 2.05) is 6.07 Å². The second kappa shape index (κ2) is 19.0. The van der Waals surface area contributed by atoms with Crippen molar-refractivity contribution in [1.82, 2.24) is 0 Å². The van der Waals surface area contributed by atoms with Gasteiger partial charge in [-0.05, 0) is 67.7 Å². The van der Waals surface area contributed by atoms with Crippen LogP contribution in [0.15, 0.2) is 67.3 Å². The number of methoxy groups -OCH3 is 2. The highest BCUT2D eigenvalue weighted by Crippen LogP contribution is 2.53. The third-order valence-corrected chi connectivity index (χ3v) is 14.2. The average molecular weight is 853 g/mol. The van der Waals surface area contributed by atoms with Crippen molar-refractivity contribution in [3.05, 3.63) is 72.9 Å². The van der Waals surface area contributed by atoms with Crippen LogP contribution in [-0.4, -0.2) is 140 Å². The number of carbonyl (C=O) groups excluding carboxylic acids is 2. The largest absolute Gasteiger partial charge is 0.469 e. The maximum atomic E-state index is 13.3. The fraction of sp³-hybridized carbons (Fsp3) is 0.702. The van der Waals surface area contributed by atoms with Crippen molar-refractivity contribution in [2.24, 2.45) is 11.8 Å². The molecular weight excluding hydrogens is 789 g/mol. The number of rotatable bonds is 18. The van der Waals surface area contributed by atoms with Gasteiger partial charge in [0.15, 0.2) is 11.9 Å². The zero-order valence-corrected chi connectivity index (χ0v) is 35.7. The van der Waals surface area contributed by atoms with Crippen LogP contribution in [0.4, 0.5) is 0 Å². The first-order valence-corrected chi connectivity index (χ1v) is 22.2. The Morgan fingerprint density at radius 1 is 0.902 bits per heavy atom. The number of benzene rings is 1. The summed E-state index contributed by atoms with van der Waals surface area (Å²) in [5, 5.41) is 19.7. The summed E-state index contributed by atoms with van der Waals surface area (Å²) in [6, 6.07) is 8.92. The summed E-state index contributed by atoms with van der Waals surface area (Å²) in [5.41, 5.74) is 2.49. The predicted octanol–water partition coefficient (Wildman–Crippen LogP) is 4.93. The van der Waals surface area contributed by atoms with Crippen LogP contribution in [0.2, 0.25) is 0 Å². The van der Waals surface area contributed by atoms with E-state index in [4.69, 9.17) is 47.4 Å². The molecule has 18 atom stereocenters. The number of aliphatic hydroxyl groups is 2. The maximum Gasteiger partial charge on any atom is 0.338 e. The maximum absolute atomic E-state index is 13.3. The lowest BCUT2D eigenvalue weighted by molar-refractivity contribution is -0.272. The first kappa shape index (κ1) is 44.6. The molecule has 8 heterocycles. The topological polar surface area (TPSA) is 167 Å². The van der Waals surface area contributed by atoms with Crippen LogP contribution in [0.1, 0.15) is 87.9 Å². The van der Waals surface area contributed by atoms with Crippen molar-refractivity contribution >= 4 is 11.9 Å². The first-order chi connectivity index (χ1) is 29.4. The van der Waals surface area contributed by atoms with Crippen molar-refractivity contribution in [3.8, 4) is 0 Å². The number of aliphatic hydroxyl groups excluding tert-OH is 2. The molecule has 8 saturated heterocycles. The van der Waals surface area contributed by atoms with Crippen LogP contribution in [0.3, 0.4) is 0 Å². The molecule has 8 aliphatic heterocycles. The molecule has 9 rings (SSSR count). The summed E-state index contributed by atoms with van der Waals surface area (Å²) in [6.07, 6.45) is 2.09. The highest BCUT2D eigenvalue weighted by molar-refractivity contribution is 5.89. The quantitative estimate of drug-likeness (QED) is 0.151. The fourth-order valence-corrected chi connectivity index (χ4v) is 11.0. The summed E-state index contributed by atoms with van der Waals surface area (Å²) in [4.78, 5) is 25.8. The van der Waals surface area contributed by atoms with Gasteiger partial charge in [0.25, 0.3) is 0 Å². The van der Waals surface area contributed by atoms with Crippen LogP contribution in [0.25, 0.3) is 0 Å². The van der Waals surface area contributed by atoms with E-state index < -0.39 is 67.2 Å². The molecule has 0 spiro atoms. The second-order valence-electron chi connectivity index (χ2n) is 18.2. The Balaban J connectivity index is 0.870. The molecular formula is C47H64O14. The zero-order valence-electron chi connectivity index (χ0n) is 35.7. The minimum Gasteiger partial charge on any atom is -0.469 e. The molecule has 0 saturated carbocycles. The molecule has 336 valence electrons. The molecule has 6 unspecified atom stereocenters. The van der Waals surface area contributed by atoms with E-state index in [2.05, 4.69) is 26.7 Å². The summed E-state index contributed by atoms with van der Waals surface area (Å²) in [5.74, 6) is -1.86. The Bertz CT molecular complexity index is 1740. The zero-order chi connectivity index (χ0) is 43.0. The average Bonchev–Trinajstić information content (AvgIpc) is 3.94. The van der Waals surface area contributed by atoms with Gasteiger partial charge in [0, 0.05) is 38.7 Å². The molecule has 0 aromatic heterocycles. The smallest absolute Gasteiger partial charge is 0.338 e. The van der Waals surface area contributed by atoms with Crippen LogP contribution in [0, 0.1) is 11.8 Å². The fourth-order valence-electron chi connectivity index (χ4n) is 11.0. The van der Waals surface area contributed by atoms with Gasteiger partial charge in [-0.1, -0.05) is 44.4 Å². The van der Waals surface area contributed by atoms with Gasteiger partial charge < -0.3 is 57.6 Å². The summed E-state index contributed by atoms with van der Waals surface area (Å²) < 4.78 is 63.6. The Morgan fingerprint density at radius 2 is 1.66 bits per heavy atom. The number of hydrogen-bond acceptors (Lipinski definition) is 14. The van der Waals surface area contributed by atoms with Crippen LogP contribution < -0.4 is 0 Å². The van der Waals surface area contributed by atoms with Gasteiger partial charge in [-0.15, -0.1) is 6.58 Å². The summed E-state index contributed by atoms with van der Waals surface area (Å²) in [6.45, 7) is 14.5. The highest BCUT2D eigenvalue weighted by atomic mass is 16.8. The molecule has 8 fully saturated rings. The SMILES string of the molecule is C=CCC1O[C@@H]2[C@H]3O[C@@H]4C[C@@](CCC5CC(=C)C(CC[C@H]6C[C@@H](C)C(=C)C(CC7O[C@H](C[C@H](O)CO)[C@H](OC)C7CC(=O)OC)O6)O5)(O[C@H]24)O[C@H]3[C@H]1OC(=O)c1ccccc1. The number of esters is 2. The highest BCUT2D eigenvalue weighted by Gasteiger charge is 2.68. The molecule has 2 N–H and O–H groups in total. The van der Waals surface area contributed by atoms with Crippen LogP contribution in [-0.2, 0) is 52.2 Å². The molecule has 6 bridgehead atoms. The van der Waals surface area contributed by atoms with Crippen molar-refractivity contribution in [3.63, 3.8) is 0 Å². The summed E-state index contributed by atoms with van der Waals surface area (Å²) >= 11 is 0. The van der Waals surface area contributed by atoms with Crippen molar-refractivity contribution in [2.75, 3.05) is 20.8 Å². The lowest BCUT2D eigenvalue weighted by Crippen LogP contribution is -2.59. The van der Waals surface area contributed by atoms with Gasteiger partial charge in [-0.25, -0.2) is 4.79 Å². The van der Waals surface area contributed by atoms with Gasteiger partial charge in [0.05, 0.1) is 80.6 Å². The Kier molecular flexibility index (Phi) is 13.9. The molecule has 1 aromatic carbocycles. The van der Waals surface area contributed by atoms with E-state index in [0.717, 1.165) is 36.8 Å². The molecule has 0 radical (unpaired) electrons. The third-order valence-electron chi connectivity index (χ3n) is 14.2. The second-order valence-corrected chi connectivity index (χ2v) is 18.2. The number of ether oxygens (including phenoxy) is 10. The molecule has 61 heavy (non-hydrogen) atoms. The number of carbonyl (C=O) groups is 2. The summed E-state index contributed by atoms with van der Waals surface area (Å²) in [7, 11) is 2.93. The Labute approximate surface area is 358 Å². The van der Waals surface area contributed by atoms with E-state index >= 15 is 0 Å². The normalized spacial score (nSPS) is 41.8. The molecule has 1 aromatic rings. The van der Waals surface area contributed by atoms with Crippen molar-refractivity contribution in [2.45, 2.75) is 175 Å². The van der Waals surface area contributed by atoms with E-state index in [-0.39, 0.29) is 73.4 Å². The van der Waals surface area contributed by atoms with E-state index in [1.54, 1.807) is 37.5 Å². The van der Waals surface area contributed by atoms with Gasteiger partial charge in [-0.3, -0.25) is 4.79 Å². The van der Waals surface area contributed by atoms with E-state index in [1.165, 1.54) is 7.11 Å². The molecule has 14 nitrogen and oxygen atoms in total. The lowest BCUT2D eigenvalue weighted by Gasteiger charge is -2.43. The minimum absolute atomic E-state index is 0.0457. The third kappa shape index (κ3) is 9.31. The Hall–Kier alpha value is -3.02. The lowest BCUT2D eigenvalue weighted by atomic mass is 9.82. The van der Waals surface area contributed by atoms with Crippen molar-refractivity contribution < 1.29 is 67.2 Å².